The van der Waals surface area contributed by atoms with E-state index in [9.17, 15) is 9.59 Å². The van der Waals surface area contributed by atoms with Gasteiger partial charge in [0.2, 0.25) is 5.91 Å². The molecule has 2 aromatic carbocycles. The monoisotopic (exact) mass is 393 g/mol. The van der Waals surface area contributed by atoms with E-state index in [1.54, 1.807) is 35.1 Å². The summed E-state index contributed by atoms with van der Waals surface area (Å²) in [5.41, 5.74) is 1.86. The molecule has 0 saturated carbocycles. The lowest BCUT2D eigenvalue weighted by atomic mass is 10.1. The fraction of sp³-hybridized carbons (Fsp3) is 0.238. The number of amides is 2. The van der Waals surface area contributed by atoms with Crippen LogP contribution < -0.4 is 10.1 Å². The molecule has 2 amide bonds. The van der Waals surface area contributed by atoms with Crippen LogP contribution in [0, 0.1) is 0 Å². The highest BCUT2D eigenvalue weighted by atomic mass is 16.5. The molecule has 8 heteroatoms. The SMILES string of the molecule is C[C@@H](c1ccc(-n2cncn2)cc1)N(C)C(=O)CNC(=O)COc1ccccc1. The van der Waals surface area contributed by atoms with Crippen LogP contribution in [0.2, 0.25) is 0 Å². The number of hydrogen-bond donors (Lipinski definition) is 1. The summed E-state index contributed by atoms with van der Waals surface area (Å²) in [5.74, 6) is 0.0698. The van der Waals surface area contributed by atoms with Crippen LogP contribution in [0.25, 0.3) is 5.69 Å². The Hall–Kier alpha value is -3.68. The van der Waals surface area contributed by atoms with E-state index < -0.39 is 0 Å². The second-order valence-electron chi connectivity index (χ2n) is 6.49. The zero-order chi connectivity index (χ0) is 20.6. The van der Waals surface area contributed by atoms with Crippen molar-refractivity contribution in [3.63, 3.8) is 0 Å². The quantitative estimate of drug-likeness (QED) is 0.632. The summed E-state index contributed by atoms with van der Waals surface area (Å²) in [6.45, 7) is 1.71. The summed E-state index contributed by atoms with van der Waals surface area (Å²) >= 11 is 0. The molecule has 150 valence electrons. The second-order valence-corrected chi connectivity index (χ2v) is 6.49. The van der Waals surface area contributed by atoms with Crippen LogP contribution in [0.5, 0.6) is 5.75 Å². The number of nitrogens with zero attached hydrogens (tertiary/aromatic N) is 4. The number of benzene rings is 2. The summed E-state index contributed by atoms with van der Waals surface area (Å²) in [5, 5.41) is 6.68. The average Bonchev–Trinajstić information content (AvgIpc) is 3.31. The van der Waals surface area contributed by atoms with Crippen molar-refractivity contribution in [3.05, 3.63) is 72.8 Å². The van der Waals surface area contributed by atoms with Crippen molar-refractivity contribution in [2.45, 2.75) is 13.0 Å². The van der Waals surface area contributed by atoms with Crippen molar-refractivity contribution in [1.29, 1.82) is 0 Å². The van der Waals surface area contributed by atoms with E-state index in [4.69, 9.17) is 4.74 Å². The fourth-order valence-electron chi connectivity index (χ4n) is 2.70. The molecule has 0 spiro atoms. The number of aromatic nitrogens is 3. The molecular weight excluding hydrogens is 370 g/mol. The first-order valence-electron chi connectivity index (χ1n) is 9.20. The van der Waals surface area contributed by atoms with Gasteiger partial charge in [0, 0.05) is 7.05 Å². The third kappa shape index (κ3) is 5.41. The Labute approximate surface area is 169 Å². The fourth-order valence-corrected chi connectivity index (χ4v) is 2.70. The summed E-state index contributed by atoms with van der Waals surface area (Å²) in [4.78, 5) is 29.9. The van der Waals surface area contributed by atoms with E-state index >= 15 is 0 Å². The minimum absolute atomic E-state index is 0.0884. The van der Waals surface area contributed by atoms with Crippen LogP contribution in [0.3, 0.4) is 0 Å². The van der Waals surface area contributed by atoms with Gasteiger partial charge in [-0.05, 0) is 36.8 Å². The van der Waals surface area contributed by atoms with Crippen molar-refractivity contribution in [1.82, 2.24) is 25.0 Å². The van der Waals surface area contributed by atoms with Gasteiger partial charge in [-0.15, -0.1) is 0 Å². The molecule has 1 atom stereocenters. The van der Waals surface area contributed by atoms with Gasteiger partial charge in [0.1, 0.15) is 18.4 Å². The van der Waals surface area contributed by atoms with Crippen LogP contribution in [-0.4, -0.2) is 51.7 Å². The Kier molecular flexibility index (Phi) is 6.57. The molecule has 0 aliphatic rings. The number of carbonyl (C=O) groups excluding carboxylic acids is 2. The number of ether oxygens (including phenoxy) is 1. The molecule has 1 N–H and O–H groups in total. The standard InChI is InChI=1S/C21H23N5O3/c1-16(17-8-10-18(11-9-17)26-15-22-14-24-26)25(2)21(28)12-23-20(27)13-29-19-6-4-3-5-7-19/h3-11,14-16H,12-13H2,1-2H3,(H,23,27)/t16-/m0/s1. The highest BCUT2D eigenvalue weighted by Crippen LogP contribution is 2.20. The van der Waals surface area contributed by atoms with Crippen molar-refractivity contribution in [2.75, 3.05) is 20.2 Å². The minimum atomic E-state index is -0.347. The Bertz CT molecular complexity index is 927. The molecule has 1 aromatic heterocycles. The van der Waals surface area contributed by atoms with Gasteiger partial charge >= 0.3 is 0 Å². The predicted octanol–water partition coefficient (Wildman–Crippen LogP) is 1.98. The molecule has 0 saturated heterocycles. The third-order valence-electron chi connectivity index (χ3n) is 4.58. The van der Waals surface area contributed by atoms with Gasteiger partial charge < -0.3 is 15.0 Å². The number of likely N-dealkylation sites (N-methyl/N-ethyl adjacent to an activating group) is 1. The maximum atomic E-state index is 12.4. The van der Waals surface area contributed by atoms with E-state index in [-0.39, 0.29) is 31.0 Å². The number of hydrogen-bond acceptors (Lipinski definition) is 5. The number of rotatable bonds is 8. The first kappa shape index (κ1) is 20.1. The van der Waals surface area contributed by atoms with Crippen LogP contribution in [-0.2, 0) is 9.59 Å². The van der Waals surface area contributed by atoms with Gasteiger partial charge in [0.05, 0.1) is 18.3 Å². The highest BCUT2D eigenvalue weighted by molar-refractivity contribution is 5.85. The Morgan fingerprint density at radius 3 is 2.52 bits per heavy atom. The molecule has 3 rings (SSSR count). The maximum absolute atomic E-state index is 12.4. The lowest BCUT2D eigenvalue weighted by molar-refractivity contribution is -0.133. The van der Waals surface area contributed by atoms with Gasteiger partial charge in [-0.1, -0.05) is 30.3 Å². The molecular formula is C21H23N5O3. The summed E-state index contributed by atoms with van der Waals surface area (Å²) < 4.78 is 7.03. The third-order valence-corrected chi connectivity index (χ3v) is 4.58. The molecule has 0 bridgehead atoms. The highest BCUT2D eigenvalue weighted by Gasteiger charge is 2.18. The molecule has 0 unspecified atom stereocenters. The van der Waals surface area contributed by atoms with E-state index in [0.29, 0.717) is 5.75 Å². The molecule has 0 fully saturated rings. The van der Waals surface area contributed by atoms with Crippen LogP contribution in [0.1, 0.15) is 18.5 Å². The predicted molar refractivity (Wildman–Crippen MR) is 107 cm³/mol. The maximum Gasteiger partial charge on any atom is 0.258 e. The van der Waals surface area contributed by atoms with E-state index in [0.717, 1.165) is 11.3 Å². The van der Waals surface area contributed by atoms with Crippen LogP contribution in [0.15, 0.2) is 67.3 Å². The zero-order valence-electron chi connectivity index (χ0n) is 16.4. The number of carbonyl (C=O) groups is 2. The van der Waals surface area contributed by atoms with Gasteiger partial charge in [-0.2, -0.15) is 5.10 Å². The average molecular weight is 393 g/mol. The van der Waals surface area contributed by atoms with E-state index in [1.165, 1.54) is 6.33 Å². The molecule has 0 aliphatic carbocycles. The number of para-hydroxylation sites is 1. The lowest BCUT2D eigenvalue weighted by Crippen LogP contribution is -2.40. The molecule has 3 aromatic rings. The first-order valence-corrected chi connectivity index (χ1v) is 9.20. The normalized spacial score (nSPS) is 11.5. The Morgan fingerprint density at radius 2 is 1.86 bits per heavy atom. The van der Waals surface area contributed by atoms with Gasteiger partial charge in [-0.25, -0.2) is 9.67 Å². The van der Waals surface area contributed by atoms with E-state index in [1.807, 2.05) is 49.4 Å². The van der Waals surface area contributed by atoms with Crippen molar-refractivity contribution in [3.8, 4) is 11.4 Å². The van der Waals surface area contributed by atoms with Crippen molar-refractivity contribution < 1.29 is 14.3 Å². The first-order chi connectivity index (χ1) is 14.0. The van der Waals surface area contributed by atoms with Gasteiger partial charge in [-0.3, -0.25) is 9.59 Å². The van der Waals surface area contributed by atoms with Crippen molar-refractivity contribution in [2.24, 2.45) is 0 Å². The van der Waals surface area contributed by atoms with Crippen LogP contribution >= 0.6 is 0 Å². The molecule has 1 heterocycles. The lowest BCUT2D eigenvalue weighted by Gasteiger charge is -2.25. The van der Waals surface area contributed by atoms with Crippen LogP contribution in [0.4, 0.5) is 0 Å². The molecule has 0 aliphatic heterocycles. The zero-order valence-corrected chi connectivity index (χ0v) is 16.4. The second kappa shape index (κ2) is 9.50. The van der Waals surface area contributed by atoms with Crippen molar-refractivity contribution >= 4 is 11.8 Å². The topological polar surface area (TPSA) is 89.4 Å². The molecule has 29 heavy (non-hydrogen) atoms. The smallest absolute Gasteiger partial charge is 0.258 e. The van der Waals surface area contributed by atoms with Gasteiger partial charge in [0.25, 0.3) is 5.91 Å². The van der Waals surface area contributed by atoms with E-state index in [2.05, 4.69) is 15.4 Å². The minimum Gasteiger partial charge on any atom is -0.484 e. The van der Waals surface area contributed by atoms with Gasteiger partial charge in [0.15, 0.2) is 6.61 Å². The molecule has 8 nitrogen and oxygen atoms in total. The Balaban J connectivity index is 1.48. The summed E-state index contributed by atoms with van der Waals surface area (Å²) in [7, 11) is 1.71. The molecule has 0 radical (unpaired) electrons. The largest absolute Gasteiger partial charge is 0.484 e. The summed E-state index contributed by atoms with van der Waals surface area (Å²) in [6, 6.07) is 16.6. The summed E-state index contributed by atoms with van der Waals surface area (Å²) in [6.07, 6.45) is 3.10. The number of nitrogens with one attached hydrogen (secondary N) is 1. The Morgan fingerprint density at radius 1 is 1.14 bits per heavy atom.